The minimum absolute atomic E-state index is 0.0452. The van der Waals surface area contributed by atoms with E-state index in [9.17, 15) is 9.59 Å². The second kappa shape index (κ2) is 10.7. The van der Waals surface area contributed by atoms with E-state index in [1.807, 2.05) is 43.1 Å². The molecule has 9 heteroatoms. The van der Waals surface area contributed by atoms with E-state index < -0.39 is 6.04 Å². The monoisotopic (exact) mass is 508 g/mol. The molecule has 1 saturated carbocycles. The van der Waals surface area contributed by atoms with E-state index in [-0.39, 0.29) is 29.8 Å². The van der Waals surface area contributed by atoms with Gasteiger partial charge in [0, 0.05) is 18.1 Å². The van der Waals surface area contributed by atoms with Gasteiger partial charge in [-0.2, -0.15) is 0 Å². The van der Waals surface area contributed by atoms with Crippen LogP contribution in [-0.4, -0.2) is 56.8 Å². The highest BCUT2D eigenvalue weighted by Gasteiger charge is 2.40. The van der Waals surface area contributed by atoms with Crippen LogP contribution in [-0.2, 0) is 9.59 Å². The van der Waals surface area contributed by atoms with Gasteiger partial charge in [0.2, 0.25) is 11.8 Å². The lowest BCUT2D eigenvalue weighted by Crippen LogP contribution is -2.55. The predicted molar refractivity (Wildman–Crippen MR) is 142 cm³/mol. The first kappa shape index (κ1) is 24.9. The minimum Gasteiger partial charge on any atom is -0.343 e. The Labute approximate surface area is 216 Å². The smallest absolute Gasteiger partial charge is 0.246 e. The number of rotatable bonds is 7. The van der Waals surface area contributed by atoms with E-state index in [1.165, 1.54) is 6.42 Å². The summed E-state index contributed by atoms with van der Waals surface area (Å²) in [5.74, 6) is 0.119. The molecule has 1 saturated heterocycles. The molecule has 2 aliphatic rings. The van der Waals surface area contributed by atoms with Crippen LogP contribution in [0.4, 0.5) is 0 Å². The van der Waals surface area contributed by atoms with Crippen molar-refractivity contribution in [3.05, 3.63) is 40.5 Å². The molecule has 192 valence electrons. The number of thiazole rings is 1. The molecule has 0 aromatic carbocycles. The van der Waals surface area contributed by atoms with Crippen LogP contribution in [0.1, 0.15) is 68.6 Å². The topological polar surface area (TPSA) is 91.6 Å². The van der Waals surface area contributed by atoms with Gasteiger partial charge in [-0.15, -0.1) is 11.3 Å². The van der Waals surface area contributed by atoms with Gasteiger partial charge in [0.15, 0.2) is 0 Å². The molecule has 3 aromatic heterocycles. The minimum atomic E-state index is -0.477. The zero-order valence-electron chi connectivity index (χ0n) is 21.4. The number of amides is 2. The van der Waals surface area contributed by atoms with Gasteiger partial charge in [-0.25, -0.2) is 9.97 Å². The van der Waals surface area contributed by atoms with Crippen molar-refractivity contribution in [1.29, 1.82) is 0 Å². The normalized spacial score (nSPS) is 20.5. The summed E-state index contributed by atoms with van der Waals surface area (Å²) < 4.78 is 2.07. The number of carbonyl (C=O) groups excluding carboxylic acids is 2. The third-order valence-corrected chi connectivity index (χ3v) is 8.75. The van der Waals surface area contributed by atoms with Gasteiger partial charge in [-0.05, 0) is 64.6 Å². The fourth-order valence-electron chi connectivity index (χ4n) is 5.70. The number of likely N-dealkylation sites (N-methyl/N-ethyl adjacent to an activating group) is 1. The van der Waals surface area contributed by atoms with Crippen molar-refractivity contribution in [2.75, 3.05) is 13.6 Å². The number of fused-ring (bicyclic) bond motifs is 1. The van der Waals surface area contributed by atoms with Gasteiger partial charge in [0.1, 0.15) is 22.4 Å². The van der Waals surface area contributed by atoms with Crippen LogP contribution in [0.2, 0.25) is 0 Å². The summed E-state index contributed by atoms with van der Waals surface area (Å²) in [6, 6.07) is 5.11. The molecule has 0 radical (unpaired) electrons. The van der Waals surface area contributed by atoms with E-state index in [4.69, 9.17) is 4.98 Å². The molecule has 0 spiro atoms. The van der Waals surface area contributed by atoms with Crippen molar-refractivity contribution in [3.63, 3.8) is 0 Å². The predicted octanol–water partition coefficient (Wildman–Crippen LogP) is 4.10. The molecule has 8 nitrogen and oxygen atoms in total. The van der Waals surface area contributed by atoms with Crippen molar-refractivity contribution in [2.45, 2.75) is 76.9 Å². The summed E-state index contributed by atoms with van der Waals surface area (Å²) in [5, 5.41) is 9.15. The van der Waals surface area contributed by atoms with E-state index in [2.05, 4.69) is 25.4 Å². The van der Waals surface area contributed by atoms with Crippen LogP contribution in [0.25, 0.3) is 17.0 Å². The fraction of sp³-hybridized carbons (Fsp3) is 0.556. The van der Waals surface area contributed by atoms with Crippen molar-refractivity contribution in [2.24, 2.45) is 5.92 Å². The molecule has 0 bridgehead atoms. The number of nitrogens with one attached hydrogen (secondary N) is 2. The Morgan fingerprint density at radius 1 is 1.11 bits per heavy atom. The van der Waals surface area contributed by atoms with Crippen molar-refractivity contribution in [3.8, 4) is 11.4 Å². The zero-order chi connectivity index (χ0) is 25.2. The summed E-state index contributed by atoms with van der Waals surface area (Å²) in [7, 11) is 1.77. The Hall–Kier alpha value is -2.78. The van der Waals surface area contributed by atoms with Gasteiger partial charge >= 0.3 is 0 Å². The van der Waals surface area contributed by atoms with Gasteiger partial charge in [-0.1, -0.05) is 25.3 Å². The molecule has 36 heavy (non-hydrogen) atoms. The first-order valence-electron chi connectivity index (χ1n) is 13.2. The highest BCUT2D eigenvalue weighted by Crippen LogP contribution is 2.38. The molecule has 1 aliphatic carbocycles. The summed E-state index contributed by atoms with van der Waals surface area (Å²) in [6.45, 7) is 4.54. The molecule has 2 N–H and O–H groups in total. The largest absolute Gasteiger partial charge is 0.343 e. The number of carbonyl (C=O) groups is 2. The first-order chi connectivity index (χ1) is 17.5. The molecular formula is C27H36N6O2S. The van der Waals surface area contributed by atoms with Gasteiger partial charge in [0.25, 0.3) is 0 Å². The van der Waals surface area contributed by atoms with E-state index in [0.29, 0.717) is 6.54 Å². The molecular weight excluding hydrogens is 472 g/mol. The van der Waals surface area contributed by atoms with Crippen molar-refractivity contribution in [1.82, 2.24) is 29.9 Å². The standard InChI is InChI=1S/C27H36N6O2S/c1-17-24(33-14-8-7-13-22(33)29-17)20-16-36-26(30-20)21-12-9-15-32(21)27(35)23(19-10-5-4-6-11-19)31-25(34)18(2)28-3/h7-8,13-14,16,18-19,21,23,28H,4-6,9-12,15H2,1-3H3,(H,31,34)/t18-,21-,23-/m0/s1. The SMILES string of the molecule is CN[C@@H](C)C(=O)N[C@H](C(=O)N1CCC[C@H]1c1nc(-c2c(C)nc3ccccn23)cs1)C1CCCCC1. The molecule has 1 aliphatic heterocycles. The number of hydrogen-bond acceptors (Lipinski definition) is 6. The Morgan fingerprint density at radius 2 is 1.92 bits per heavy atom. The summed E-state index contributed by atoms with van der Waals surface area (Å²) in [6.07, 6.45) is 9.25. The Bertz CT molecular complexity index is 1230. The lowest BCUT2D eigenvalue weighted by Gasteiger charge is -2.35. The Balaban J connectivity index is 1.40. The molecule has 2 fully saturated rings. The first-order valence-corrected chi connectivity index (χ1v) is 14.0. The second-order valence-electron chi connectivity index (χ2n) is 10.1. The second-order valence-corrected chi connectivity index (χ2v) is 11.0. The van der Waals surface area contributed by atoms with Crippen LogP contribution in [0, 0.1) is 12.8 Å². The third kappa shape index (κ3) is 4.78. The molecule has 3 aromatic rings. The van der Waals surface area contributed by atoms with Crippen LogP contribution < -0.4 is 10.6 Å². The van der Waals surface area contributed by atoms with Crippen molar-refractivity contribution >= 4 is 28.8 Å². The maximum atomic E-state index is 14.0. The van der Waals surface area contributed by atoms with E-state index in [1.54, 1.807) is 18.4 Å². The highest BCUT2D eigenvalue weighted by atomic mass is 32.1. The molecule has 4 heterocycles. The molecule has 3 atom stereocenters. The van der Waals surface area contributed by atoms with Crippen LogP contribution in [0.3, 0.4) is 0 Å². The van der Waals surface area contributed by atoms with Gasteiger partial charge in [0.05, 0.1) is 23.5 Å². The highest BCUT2D eigenvalue weighted by molar-refractivity contribution is 7.10. The van der Waals surface area contributed by atoms with Crippen molar-refractivity contribution < 1.29 is 9.59 Å². The average molecular weight is 509 g/mol. The average Bonchev–Trinajstić information content (AvgIpc) is 3.64. The number of aromatic nitrogens is 3. The lowest BCUT2D eigenvalue weighted by atomic mass is 9.83. The lowest BCUT2D eigenvalue weighted by molar-refractivity contribution is -0.139. The Morgan fingerprint density at radius 3 is 2.69 bits per heavy atom. The molecule has 5 rings (SSSR count). The third-order valence-electron chi connectivity index (χ3n) is 7.80. The van der Waals surface area contributed by atoms with E-state index in [0.717, 1.165) is 66.3 Å². The summed E-state index contributed by atoms with van der Waals surface area (Å²) in [4.78, 5) is 38.5. The van der Waals surface area contributed by atoms with E-state index >= 15 is 0 Å². The number of pyridine rings is 1. The zero-order valence-corrected chi connectivity index (χ0v) is 22.2. The maximum Gasteiger partial charge on any atom is 0.246 e. The number of nitrogens with zero attached hydrogens (tertiary/aromatic N) is 4. The summed E-state index contributed by atoms with van der Waals surface area (Å²) in [5.41, 5.74) is 3.73. The van der Waals surface area contributed by atoms with Crippen LogP contribution in [0.15, 0.2) is 29.8 Å². The quantitative estimate of drug-likeness (QED) is 0.501. The number of hydrogen-bond donors (Lipinski definition) is 2. The van der Waals surface area contributed by atoms with Crippen LogP contribution in [0.5, 0.6) is 0 Å². The molecule has 2 amide bonds. The van der Waals surface area contributed by atoms with Gasteiger partial charge < -0.3 is 15.5 Å². The maximum absolute atomic E-state index is 14.0. The Kier molecular flexibility index (Phi) is 7.39. The fourth-order valence-corrected chi connectivity index (χ4v) is 6.65. The van der Waals surface area contributed by atoms with Gasteiger partial charge in [-0.3, -0.25) is 14.0 Å². The number of imidazole rings is 1. The summed E-state index contributed by atoms with van der Waals surface area (Å²) >= 11 is 1.61. The molecule has 0 unspecified atom stereocenters. The number of likely N-dealkylation sites (tertiary alicyclic amines) is 1. The number of aryl methyl sites for hydroxylation is 1. The van der Waals surface area contributed by atoms with Crippen LogP contribution >= 0.6 is 11.3 Å².